The zero-order valence-electron chi connectivity index (χ0n) is 16.4. The quantitative estimate of drug-likeness (QED) is 0.637. The molecule has 2 aromatic carbocycles. The molecule has 28 heavy (non-hydrogen) atoms. The molecule has 0 unspecified atom stereocenters. The van der Waals surface area contributed by atoms with Crippen LogP contribution in [0.3, 0.4) is 0 Å². The molecule has 0 aliphatic carbocycles. The molecule has 1 N–H and O–H groups in total. The van der Waals surface area contributed by atoms with Gasteiger partial charge in [0.05, 0.1) is 13.2 Å². The zero-order chi connectivity index (χ0) is 19.8. The number of benzene rings is 2. The van der Waals surface area contributed by atoms with E-state index >= 15 is 0 Å². The van der Waals surface area contributed by atoms with Gasteiger partial charge in [0.2, 0.25) is 5.91 Å². The highest BCUT2D eigenvalue weighted by atomic mass is 16.5. The number of carbonyl (C=O) groups is 1. The molecule has 0 spiro atoms. The van der Waals surface area contributed by atoms with E-state index in [0.717, 1.165) is 23.5 Å². The van der Waals surface area contributed by atoms with Gasteiger partial charge in [-0.05, 0) is 32.0 Å². The number of hydrogen-bond acceptors (Lipinski definition) is 5. The maximum Gasteiger partial charge on any atom is 0.246 e. The summed E-state index contributed by atoms with van der Waals surface area (Å²) in [5.74, 6) is 2.12. The first-order valence-corrected chi connectivity index (χ1v) is 9.49. The Morgan fingerprint density at radius 3 is 2.68 bits per heavy atom. The molecule has 0 atom stereocenters. The van der Waals surface area contributed by atoms with Gasteiger partial charge in [-0.3, -0.25) is 4.79 Å². The predicted molar refractivity (Wildman–Crippen MR) is 106 cm³/mol. The van der Waals surface area contributed by atoms with Crippen LogP contribution < -0.4 is 19.5 Å². The van der Waals surface area contributed by atoms with Crippen molar-refractivity contribution in [3.8, 4) is 17.2 Å². The van der Waals surface area contributed by atoms with Crippen molar-refractivity contribution in [1.82, 2.24) is 5.32 Å². The van der Waals surface area contributed by atoms with Gasteiger partial charge in [0.25, 0.3) is 0 Å². The number of carbonyl (C=O) groups excluding carboxylic acids is 1. The molecule has 1 aliphatic rings. The number of fused-ring (bicyclic) bond motifs is 1. The van der Waals surface area contributed by atoms with Crippen LogP contribution in [-0.2, 0) is 16.0 Å². The van der Waals surface area contributed by atoms with Gasteiger partial charge in [0.15, 0.2) is 11.5 Å². The first kappa shape index (κ1) is 20.0. The SMILES string of the molecule is CC1(C)Cc2cccc(OCCNC(=O)COCCOc3ccccc3)c2O1. The first-order valence-electron chi connectivity index (χ1n) is 9.49. The van der Waals surface area contributed by atoms with Crippen molar-refractivity contribution in [2.45, 2.75) is 25.9 Å². The molecule has 0 bridgehead atoms. The maximum absolute atomic E-state index is 11.8. The molecule has 1 amide bonds. The van der Waals surface area contributed by atoms with E-state index < -0.39 is 0 Å². The largest absolute Gasteiger partial charge is 0.491 e. The highest BCUT2D eigenvalue weighted by Crippen LogP contribution is 2.41. The summed E-state index contributed by atoms with van der Waals surface area (Å²) >= 11 is 0. The van der Waals surface area contributed by atoms with Gasteiger partial charge in [0.1, 0.15) is 31.2 Å². The van der Waals surface area contributed by atoms with Crippen LogP contribution in [0.4, 0.5) is 0 Å². The topological polar surface area (TPSA) is 66.0 Å². The third-order valence-electron chi connectivity index (χ3n) is 4.21. The van der Waals surface area contributed by atoms with Gasteiger partial charge < -0.3 is 24.3 Å². The molecule has 6 heteroatoms. The molecule has 1 aliphatic heterocycles. The van der Waals surface area contributed by atoms with Crippen LogP contribution in [0.1, 0.15) is 19.4 Å². The molecule has 6 nitrogen and oxygen atoms in total. The van der Waals surface area contributed by atoms with Gasteiger partial charge in [-0.15, -0.1) is 0 Å². The van der Waals surface area contributed by atoms with E-state index in [4.69, 9.17) is 18.9 Å². The number of amides is 1. The fourth-order valence-electron chi connectivity index (χ4n) is 3.00. The lowest BCUT2D eigenvalue weighted by molar-refractivity contribution is -0.126. The van der Waals surface area contributed by atoms with Gasteiger partial charge >= 0.3 is 0 Å². The average molecular weight is 385 g/mol. The second-order valence-electron chi connectivity index (χ2n) is 7.20. The van der Waals surface area contributed by atoms with Crippen LogP contribution in [-0.4, -0.2) is 44.5 Å². The molecule has 3 rings (SSSR count). The van der Waals surface area contributed by atoms with E-state index in [-0.39, 0.29) is 18.1 Å². The standard InChI is InChI=1S/C22H27NO5/c1-22(2)15-17-7-6-10-19(21(17)28-22)27-12-11-23-20(24)16-25-13-14-26-18-8-4-3-5-9-18/h3-10H,11-16H2,1-2H3,(H,23,24). The number of rotatable bonds is 10. The molecular formula is C22H27NO5. The summed E-state index contributed by atoms with van der Waals surface area (Å²) in [4.78, 5) is 11.8. The Balaban J connectivity index is 1.28. The zero-order valence-corrected chi connectivity index (χ0v) is 16.4. The van der Waals surface area contributed by atoms with Crippen molar-refractivity contribution >= 4 is 5.91 Å². The lowest BCUT2D eigenvalue weighted by atomic mass is 10.0. The molecule has 0 aromatic heterocycles. The van der Waals surface area contributed by atoms with E-state index in [0.29, 0.717) is 32.1 Å². The Morgan fingerprint density at radius 1 is 1.04 bits per heavy atom. The van der Waals surface area contributed by atoms with Crippen molar-refractivity contribution in [1.29, 1.82) is 0 Å². The van der Waals surface area contributed by atoms with Crippen LogP contribution in [0, 0.1) is 0 Å². The number of nitrogens with one attached hydrogen (secondary N) is 1. The summed E-state index contributed by atoms with van der Waals surface area (Å²) in [7, 11) is 0. The number of hydrogen-bond donors (Lipinski definition) is 1. The molecule has 150 valence electrons. The van der Waals surface area contributed by atoms with Crippen molar-refractivity contribution in [3.63, 3.8) is 0 Å². The minimum Gasteiger partial charge on any atom is -0.491 e. The second kappa shape index (κ2) is 9.46. The van der Waals surface area contributed by atoms with Crippen molar-refractivity contribution in [2.75, 3.05) is 33.0 Å². The summed E-state index contributed by atoms with van der Waals surface area (Å²) in [5, 5.41) is 2.77. The highest BCUT2D eigenvalue weighted by Gasteiger charge is 2.32. The normalized spacial score (nSPS) is 14.1. The van der Waals surface area contributed by atoms with E-state index in [1.807, 2.05) is 42.5 Å². The fraction of sp³-hybridized carbons (Fsp3) is 0.409. The van der Waals surface area contributed by atoms with E-state index in [2.05, 4.69) is 25.2 Å². The molecule has 2 aromatic rings. The third kappa shape index (κ3) is 5.89. The Labute approximate surface area is 165 Å². The second-order valence-corrected chi connectivity index (χ2v) is 7.20. The van der Waals surface area contributed by atoms with E-state index in [1.54, 1.807) is 0 Å². The summed E-state index contributed by atoms with van der Waals surface area (Å²) < 4.78 is 22.6. The maximum atomic E-state index is 11.8. The van der Waals surface area contributed by atoms with Gasteiger partial charge in [-0.2, -0.15) is 0 Å². The minimum atomic E-state index is -0.211. The van der Waals surface area contributed by atoms with Gasteiger partial charge in [-0.1, -0.05) is 30.3 Å². The summed E-state index contributed by atoms with van der Waals surface area (Å²) in [6.45, 7) is 5.62. The van der Waals surface area contributed by atoms with Crippen LogP contribution in [0.25, 0.3) is 0 Å². The lowest BCUT2D eigenvalue weighted by Crippen LogP contribution is -2.31. The lowest BCUT2D eigenvalue weighted by Gasteiger charge is -2.18. The van der Waals surface area contributed by atoms with Crippen molar-refractivity contribution < 1.29 is 23.7 Å². The van der Waals surface area contributed by atoms with Gasteiger partial charge in [-0.25, -0.2) is 0 Å². The van der Waals surface area contributed by atoms with E-state index in [1.165, 1.54) is 0 Å². The van der Waals surface area contributed by atoms with Crippen LogP contribution >= 0.6 is 0 Å². The van der Waals surface area contributed by atoms with Crippen LogP contribution in [0.15, 0.2) is 48.5 Å². The highest BCUT2D eigenvalue weighted by molar-refractivity contribution is 5.77. The molecule has 0 fully saturated rings. The smallest absolute Gasteiger partial charge is 0.246 e. The van der Waals surface area contributed by atoms with Crippen LogP contribution in [0.2, 0.25) is 0 Å². The van der Waals surface area contributed by atoms with Crippen molar-refractivity contribution in [2.24, 2.45) is 0 Å². The number of ether oxygens (including phenoxy) is 4. The summed E-state index contributed by atoms with van der Waals surface area (Å²) in [6.07, 6.45) is 0.863. The molecule has 0 saturated heterocycles. The third-order valence-corrected chi connectivity index (χ3v) is 4.21. The number of para-hydroxylation sites is 2. The minimum absolute atomic E-state index is 0.00378. The molecule has 0 saturated carbocycles. The summed E-state index contributed by atoms with van der Waals surface area (Å²) in [6, 6.07) is 15.4. The van der Waals surface area contributed by atoms with E-state index in [9.17, 15) is 4.79 Å². The van der Waals surface area contributed by atoms with Gasteiger partial charge in [0, 0.05) is 12.0 Å². The molecule has 1 heterocycles. The Morgan fingerprint density at radius 2 is 1.86 bits per heavy atom. The van der Waals surface area contributed by atoms with Crippen LogP contribution in [0.5, 0.6) is 17.2 Å². The summed E-state index contributed by atoms with van der Waals surface area (Å²) in [5.41, 5.74) is 0.940. The first-order chi connectivity index (χ1) is 13.5. The van der Waals surface area contributed by atoms with Crippen molar-refractivity contribution in [3.05, 3.63) is 54.1 Å². The monoisotopic (exact) mass is 385 g/mol. The molecular weight excluding hydrogens is 358 g/mol. The Bertz CT molecular complexity index is 776. The molecule has 0 radical (unpaired) electrons. The fourth-order valence-corrected chi connectivity index (χ4v) is 3.00. The predicted octanol–water partition coefficient (Wildman–Crippen LogP) is 2.99. The Hall–Kier alpha value is -2.73. The Kier molecular flexibility index (Phi) is 6.76. The average Bonchev–Trinajstić information content (AvgIpc) is 3.00.